The van der Waals surface area contributed by atoms with Gasteiger partial charge in [-0.05, 0) is 56.0 Å². The molecular formula is C16H20N2O2. The summed E-state index contributed by atoms with van der Waals surface area (Å²) in [5.74, 6) is 0.642. The number of carbonyl (C=O) groups is 2. The van der Waals surface area contributed by atoms with Gasteiger partial charge in [0.2, 0.25) is 5.91 Å². The third-order valence-electron chi connectivity index (χ3n) is 4.10. The van der Waals surface area contributed by atoms with E-state index in [-0.39, 0.29) is 17.6 Å². The first-order chi connectivity index (χ1) is 9.70. The molecule has 1 fully saturated rings. The lowest BCUT2D eigenvalue weighted by Crippen LogP contribution is -2.30. The number of carbonyl (C=O) groups excluding carboxylic acids is 2. The van der Waals surface area contributed by atoms with Gasteiger partial charge in [-0.25, -0.2) is 0 Å². The van der Waals surface area contributed by atoms with Gasteiger partial charge in [0.05, 0.1) is 0 Å². The third kappa shape index (κ3) is 2.48. The van der Waals surface area contributed by atoms with Crippen molar-refractivity contribution in [3.8, 4) is 0 Å². The van der Waals surface area contributed by atoms with Crippen molar-refractivity contribution in [3.05, 3.63) is 29.3 Å². The number of ketones is 1. The molecule has 1 amide bonds. The Kier molecular flexibility index (Phi) is 3.57. The lowest BCUT2D eigenvalue weighted by molar-refractivity contribution is -0.119. The van der Waals surface area contributed by atoms with Crippen molar-refractivity contribution in [2.75, 3.05) is 18.0 Å². The van der Waals surface area contributed by atoms with Gasteiger partial charge in [0.15, 0.2) is 5.78 Å². The average molecular weight is 272 g/mol. The molecule has 0 radical (unpaired) electrons. The Hall–Kier alpha value is -1.68. The summed E-state index contributed by atoms with van der Waals surface area (Å²) in [6.07, 6.45) is 4.13. The number of anilines is 1. The molecule has 0 bridgehead atoms. The van der Waals surface area contributed by atoms with Crippen molar-refractivity contribution in [2.45, 2.75) is 32.1 Å². The van der Waals surface area contributed by atoms with E-state index < -0.39 is 0 Å². The summed E-state index contributed by atoms with van der Waals surface area (Å²) >= 11 is 0. The van der Waals surface area contributed by atoms with Crippen LogP contribution in [0.15, 0.2) is 18.2 Å². The van der Waals surface area contributed by atoms with Crippen LogP contribution in [0.4, 0.5) is 5.69 Å². The summed E-state index contributed by atoms with van der Waals surface area (Å²) in [6, 6.07) is 5.73. The Balaban J connectivity index is 1.77. The fraction of sp³-hybridized carbons (Fsp3) is 0.500. The molecule has 1 saturated carbocycles. The van der Waals surface area contributed by atoms with Gasteiger partial charge in [-0.2, -0.15) is 0 Å². The molecule has 2 N–H and O–H groups in total. The summed E-state index contributed by atoms with van der Waals surface area (Å²) in [5.41, 5.74) is 8.30. The van der Waals surface area contributed by atoms with Crippen molar-refractivity contribution in [2.24, 2.45) is 11.7 Å². The van der Waals surface area contributed by atoms with Gasteiger partial charge in [-0.1, -0.05) is 0 Å². The SMILES string of the molecule is NCCCC(=O)c1ccc2c(c1)CCN2C(=O)C1CC1. The molecule has 1 aliphatic carbocycles. The van der Waals surface area contributed by atoms with Gasteiger partial charge in [0.25, 0.3) is 0 Å². The maximum absolute atomic E-state index is 12.2. The minimum absolute atomic E-state index is 0.144. The second kappa shape index (κ2) is 5.37. The van der Waals surface area contributed by atoms with Crippen molar-refractivity contribution in [1.29, 1.82) is 0 Å². The monoisotopic (exact) mass is 272 g/mol. The van der Waals surface area contributed by atoms with E-state index in [1.54, 1.807) is 0 Å². The van der Waals surface area contributed by atoms with Crippen LogP contribution >= 0.6 is 0 Å². The second-order valence-electron chi connectivity index (χ2n) is 5.67. The van der Waals surface area contributed by atoms with Crippen LogP contribution in [0, 0.1) is 5.92 Å². The molecule has 0 spiro atoms. The van der Waals surface area contributed by atoms with Crippen LogP contribution in [0.5, 0.6) is 0 Å². The van der Waals surface area contributed by atoms with Crippen LogP contribution in [0.1, 0.15) is 41.6 Å². The Morgan fingerprint density at radius 2 is 2.10 bits per heavy atom. The van der Waals surface area contributed by atoms with Gasteiger partial charge < -0.3 is 10.6 Å². The minimum Gasteiger partial charge on any atom is -0.330 e. The highest BCUT2D eigenvalue weighted by Crippen LogP contribution is 2.36. The van der Waals surface area contributed by atoms with E-state index in [9.17, 15) is 9.59 Å². The van der Waals surface area contributed by atoms with E-state index in [4.69, 9.17) is 5.73 Å². The molecule has 0 atom stereocenters. The fourth-order valence-electron chi connectivity index (χ4n) is 2.76. The van der Waals surface area contributed by atoms with E-state index in [2.05, 4.69) is 0 Å². The Labute approximate surface area is 118 Å². The normalized spacial score (nSPS) is 17.1. The number of hydrogen-bond acceptors (Lipinski definition) is 3. The summed E-state index contributed by atoms with van der Waals surface area (Å²) in [4.78, 5) is 26.1. The molecule has 4 nitrogen and oxygen atoms in total. The zero-order valence-corrected chi connectivity index (χ0v) is 11.6. The van der Waals surface area contributed by atoms with Gasteiger partial charge in [-0.15, -0.1) is 0 Å². The molecule has 20 heavy (non-hydrogen) atoms. The summed E-state index contributed by atoms with van der Waals surface area (Å²) in [7, 11) is 0. The van der Waals surface area contributed by atoms with Gasteiger partial charge in [-0.3, -0.25) is 9.59 Å². The number of hydrogen-bond donors (Lipinski definition) is 1. The first-order valence-electron chi connectivity index (χ1n) is 7.38. The van der Waals surface area contributed by atoms with Crippen molar-refractivity contribution in [1.82, 2.24) is 0 Å². The second-order valence-corrected chi connectivity index (χ2v) is 5.67. The molecule has 3 rings (SSSR count). The van der Waals surface area contributed by atoms with Crippen molar-refractivity contribution in [3.63, 3.8) is 0 Å². The van der Waals surface area contributed by atoms with Crippen LogP contribution in [-0.2, 0) is 11.2 Å². The Morgan fingerprint density at radius 3 is 2.80 bits per heavy atom. The maximum atomic E-state index is 12.2. The third-order valence-corrected chi connectivity index (χ3v) is 4.10. The summed E-state index contributed by atoms with van der Waals surface area (Å²) in [5, 5.41) is 0. The number of benzene rings is 1. The molecule has 106 valence electrons. The lowest BCUT2D eigenvalue weighted by Gasteiger charge is -2.17. The molecule has 0 unspecified atom stereocenters. The highest BCUT2D eigenvalue weighted by Gasteiger charge is 2.36. The maximum Gasteiger partial charge on any atom is 0.230 e. The zero-order valence-electron chi connectivity index (χ0n) is 11.6. The quantitative estimate of drug-likeness (QED) is 0.833. The van der Waals surface area contributed by atoms with Crippen LogP contribution in [0.3, 0.4) is 0 Å². The molecule has 4 heteroatoms. The minimum atomic E-state index is 0.144. The Morgan fingerprint density at radius 1 is 1.30 bits per heavy atom. The number of fused-ring (bicyclic) bond motifs is 1. The van der Waals surface area contributed by atoms with Crippen molar-refractivity contribution < 1.29 is 9.59 Å². The van der Waals surface area contributed by atoms with Gasteiger partial charge in [0.1, 0.15) is 0 Å². The van der Waals surface area contributed by atoms with E-state index >= 15 is 0 Å². The zero-order chi connectivity index (χ0) is 14.1. The first kappa shape index (κ1) is 13.3. The topological polar surface area (TPSA) is 63.4 Å². The number of rotatable bonds is 5. The van der Waals surface area contributed by atoms with E-state index in [0.717, 1.165) is 49.0 Å². The van der Waals surface area contributed by atoms with E-state index in [0.29, 0.717) is 13.0 Å². The van der Waals surface area contributed by atoms with Crippen LogP contribution in [0.2, 0.25) is 0 Å². The van der Waals surface area contributed by atoms with Gasteiger partial charge in [0, 0.05) is 30.1 Å². The number of nitrogens with two attached hydrogens (primary N) is 1. The highest BCUT2D eigenvalue weighted by molar-refractivity contribution is 6.00. The lowest BCUT2D eigenvalue weighted by atomic mass is 10.0. The Bertz CT molecular complexity index is 549. The van der Waals surface area contributed by atoms with E-state index in [1.165, 1.54) is 0 Å². The molecule has 1 aliphatic heterocycles. The average Bonchev–Trinajstić information content (AvgIpc) is 3.23. The standard InChI is InChI=1S/C16H20N2O2/c17-8-1-2-15(19)13-5-6-14-12(10-13)7-9-18(14)16(20)11-3-4-11/h5-6,10-11H,1-4,7-9,17H2. The summed E-state index contributed by atoms with van der Waals surface area (Å²) < 4.78 is 0. The first-order valence-corrected chi connectivity index (χ1v) is 7.38. The molecule has 2 aliphatic rings. The predicted octanol–water partition coefficient (Wildman–Crippen LogP) is 1.91. The number of nitrogens with zero attached hydrogens (tertiary/aromatic N) is 1. The predicted molar refractivity (Wildman–Crippen MR) is 77.8 cm³/mol. The largest absolute Gasteiger partial charge is 0.330 e. The number of Topliss-reactive ketones (excluding diaryl/α,β-unsaturated/α-hetero) is 1. The van der Waals surface area contributed by atoms with E-state index in [1.807, 2.05) is 23.1 Å². The fourth-order valence-corrected chi connectivity index (χ4v) is 2.76. The van der Waals surface area contributed by atoms with Gasteiger partial charge >= 0.3 is 0 Å². The van der Waals surface area contributed by atoms with Crippen LogP contribution in [0.25, 0.3) is 0 Å². The van der Waals surface area contributed by atoms with Crippen molar-refractivity contribution >= 4 is 17.4 Å². The molecule has 0 aromatic heterocycles. The molecule has 1 aromatic rings. The molecular weight excluding hydrogens is 252 g/mol. The molecule has 1 aromatic carbocycles. The van der Waals surface area contributed by atoms with Crippen LogP contribution in [-0.4, -0.2) is 24.8 Å². The highest BCUT2D eigenvalue weighted by atomic mass is 16.2. The number of amides is 1. The van der Waals surface area contributed by atoms with Crippen LogP contribution < -0.4 is 10.6 Å². The summed E-state index contributed by atoms with van der Waals surface area (Å²) in [6.45, 7) is 1.30. The molecule has 1 heterocycles. The molecule has 0 saturated heterocycles. The smallest absolute Gasteiger partial charge is 0.230 e.